The highest BCUT2D eigenvalue weighted by Crippen LogP contribution is 2.56. The predicted molar refractivity (Wildman–Crippen MR) is 155 cm³/mol. The van der Waals surface area contributed by atoms with E-state index in [0.717, 1.165) is 28.7 Å². The predicted octanol–water partition coefficient (Wildman–Crippen LogP) is 6.82. The van der Waals surface area contributed by atoms with Crippen LogP contribution in [0.25, 0.3) is 0 Å². The summed E-state index contributed by atoms with van der Waals surface area (Å²) in [6.07, 6.45) is 11.5. The average Bonchev–Trinajstić information content (AvgIpc) is 3.44. The molecule has 1 heterocycles. The Morgan fingerprint density at radius 2 is 1.97 bits per heavy atom. The van der Waals surface area contributed by atoms with Crippen LogP contribution in [-0.2, 0) is 4.79 Å². The third-order valence-corrected chi connectivity index (χ3v) is 9.71. The first-order valence-corrected chi connectivity index (χ1v) is 15.6. The maximum absolute atomic E-state index is 13.7. The minimum atomic E-state index is -2.64. The molecule has 0 bridgehead atoms. The molecule has 9 heteroatoms. The van der Waals surface area contributed by atoms with E-state index in [-0.39, 0.29) is 55.0 Å². The summed E-state index contributed by atoms with van der Waals surface area (Å²) in [5.41, 5.74) is 1.48. The molecule has 2 saturated carbocycles. The van der Waals surface area contributed by atoms with Crippen molar-refractivity contribution >= 4 is 17.7 Å². The van der Waals surface area contributed by atoms with Gasteiger partial charge in [0.1, 0.15) is 11.6 Å². The van der Waals surface area contributed by atoms with E-state index in [1.165, 1.54) is 25.0 Å². The summed E-state index contributed by atoms with van der Waals surface area (Å²) >= 11 is 1.70. The van der Waals surface area contributed by atoms with E-state index in [9.17, 15) is 13.6 Å². The number of hydrogen-bond acceptors (Lipinski definition) is 5. The Hall–Kier alpha value is -2.16. The Labute approximate surface area is 236 Å². The number of halogens is 2. The zero-order chi connectivity index (χ0) is 28.2. The first-order chi connectivity index (χ1) is 18.6. The van der Waals surface area contributed by atoms with Crippen molar-refractivity contribution in [1.29, 1.82) is 0 Å². The van der Waals surface area contributed by atoms with E-state index < -0.39 is 5.92 Å². The molecule has 1 spiro atoms. The van der Waals surface area contributed by atoms with Crippen LogP contribution in [-0.4, -0.2) is 44.9 Å². The minimum absolute atomic E-state index is 0.109. The SMILES string of the molecule is C=C/C=C(\SCC)[C@H](CCNC1=CC(n2c(C)nnc2C(C)C)CC12CCC2)NC(=O)C1CCC(F)(F)CC1. The number of thioether (sulfide) groups is 1. The van der Waals surface area contributed by atoms with Gasteiger partial charge in [0.15, 0.2) is 0 Å². The van der Waals surface area contributed by atoms with Gasteiger partial charge in [0.2, 0.25) is 11.8 Å². The van der Waals surface area contributed by atoms with Gasteiger partial charge in [-0.2, -0.15) is 0 Å². The number of alkyl halides is 2. The molecular weight excluding hydrogens is 516 g/mol. The number of nitrogens with zero attached hydrogens (tertiary/aromatic N) is 3. The fourth-order valence-electron chi connectivity index (χ4n) is 6.39. The molecule has 0 radical (unpaired) electrons. The Bertz CT molecular complexity index is 1080. The summed E-state index contributed by atoms with van der Waals surface area (Å²) in [7, 11) is 0. The molecule has 4 rings (SSSR count). The van der Waals surface area contributed by atoms with Gasteiger partial charge in [-0.1, -0.05) is 45.9 Å². The lowest BCUT2D eigenvalue weighted by Gasteiger charge is -2.42. The largest absolute Gasteiger partial charge is 0.388 e. The first-order valence-electron chi connectivity index (χ1n) is 14.6. The highest BCUT2D eigenvalue weighted by molar-refractivity contribution is 8.03. The maximum atomic E-state index is 13.7. The van der Waals surface area contributed by atoms with Crippen LogP contribution >= 0.6 is 11.8 Å². The van der Waals surface area contributed by atoms with Crippen molar-refractivity contribution < 1.29 is 13.6 Å². The third kappa shape index (κ3) is 6.77. The van der Waals surface area contributed by atoms with Gasteiger partial charge in [-0.15, -0.1) is 22.0 Å². The normalized spacial score (nSPS) is 23.4. The van der Waals surface area contributed by atoms with Gasteiger partial charge in [0.05, 0.1) is 12.1 Å². The van der Waals surface area contributed by atoms with Crippen molar-refractivity contribution in [2.24, 2.45) is 11.3 Å². The molecule has 39 heavy (non-hydrogen) atoms. The van der Waals surface area contributed by atoms with Gasteiger partial charge < -0.3 is 15.2 Å². The number of hydrogen-bond donors (Lipinski definition) is 2. The molecule has 0 aliphatic heterocycles. The lowest BCUT2D eigenvalue weighted by molar-refractivity contribution is -0.129. The molecular formula is C30H45F2N5OS. The number of aromatic nitrogens is 3. The summed E-state index contributed by atoms with van der Waals surface area (Å²) in [5.74, 6) is 0.0646. The smallest absolute Gasteiger partial charge is 0.248 e. The lowest BCUT2D eigenvalue weighted by atomic mass is 9.66. The van der Waals surface area contributed by atoms with Gasteiger partial charge in [-0.25, -0.2) is 8.78 Å². The van der Waals surface area contributed by atoms with Crippen molar-refractivity contribution in [2.45, 2.75) is 109 Å². The van der Waals surface area contributed by atoms with Gasteiger partial charge in [-0.3, -0.25) is 4.79 Å². The van der Waals surface area contributed by atoms with Crippen LogP contribution in [0.2, 0.25) is 0 Å². The van der Waals surface area contributed by atoms with Crippen molar-refractivity contribution in [3.8, 4) is 0 Å². The van der Waals surface area contributed by atoms with Gasteiger partial charge in [0.25, 0.3) is 0 Å². The van der Waals surface area contributed by atoms with Crippen LogP contribution in [0.3, 0.4) is 0 Å². The first kappa shape index (κ1) is 29.8. The Morgan fingerprint density at radius 3 is 2.56 bits per heavy atom. The van der Waals surface area contributed by atoms with E-state index in [1.54, 1.807) is 17.8 Å². The number of carbonyl (C=O) groups is 1. The molecule has 1 amide bonds. The molecule has 2 atom stereocenters. The molecule has 3 aliphatic rings. The zero-order valence-electron chi connectivity index (χ0n) is 23.9. The van der Waals surface area contributed by atoms with Crippen LogP contribution in [0.1, 0.15) is 102 Å². The Kier molecular flexibility index (Phi) is 9.61. The maximum Gasteiger partial charge on any atom is 0.248 e. The summed E-state index contributed by atoms with van der Waals surface area (Å²) in [4.78, 5) is 14.2. The minimum Gasteiger partial charge on any atom is -0.388 e. The standard InChI is InChI=1S/C30H45F2N5OS/c1-6-9-25(39-7-2)24(34-28(38)22-10-15-30(31,32)16-11-22)12-17-33-26-18-23(19-29(26)13-8-14-29)37-21(5)35-36-27(37)20(3)4/h6,9,18,20,22-24,33H,1,7-8,10-17,19H2,2-5H3,(H,34,38)/b25-9-/t23?,24-/m0/s1. The van der Waals surface area contributed by atoms with Gasteiger partial charge in [0, 0.05) is 47.2 Å². The number of nitrogens with one attached hydrogen (secondary N) is 2. The molecule has 0 aromatic carbocycles. The van der Waals surface area contributed by atoms with Crippen LogP contribution in [0.15, 0.2) is 35.4 Å². The van der Waals surface area contributed by atoms with E-state index in [4.69, 9.17) is 0 Å². The Morgan fingerprint density at radius 1 is 1.26 bits per heavy atom. The van der Waals surface area contributed by atoms with Gasteiger partial charge in [-0.05, 0) is 57.3 Å². The quantitative estimate of drug-likeness (QED) is 0.274. The number of carbonyl (C=O) groups excluding carboxylic acids is 1. The molecule has 3 aliphatic carbocycles. The van der Waals surface area contributed by atoms with Crippen LogP contribution < -0.4 is 10.6 Å². The molecule has 1 aromatic rings. The second-order valence-electron chi connectivity index (χ2n) is 11.8. The number of rotatable bonds is 12. The highest BCUT2D eigenvalue weighted by Gasteiger charge is 2.47. The fraction of sp³-hybridized carbons (Fsp3) is 0.700. The van der Waals surface area contributed by atoms with Gasteiger partial charge >= 0.3 is 0 Å². The van der Waals surface area contributed by atoms with Crippen LogP contribution in [0.5, 0.6) is 0 Å². The van der Waals surface area contributed by atoms with Crippen molar-refractivity contribution in [3.63, 3.8) is 0 Å². The van der Waals surface area contributed by atoms with Crippen LogP contribution in [0.4, 0.5) is 8.78 Å². The summed E-state index contributed by atoms with van der Waals surface area (Å²) in [6.45, 7) is 13.0. The fourth-order valence-corrected chi connectivity index (χ4v) is 7.30. The van der Waals surface area contributed by atoms with Crippen LogP contribution in [0, 0.1) is 18.3 Å². The average molecular weight is 562 g/mol. The molecule has 1 unspecified atom stereocenters. The molecule has 216 valence electrons. The highest BCUT2D eigenvalue weighted by atomic mass is 32.2. The number of amides is 1. The zero-order valence-corrected chi connectivity index (χ0v) is 24.8. The second kappa shape index (κ2) is 12.6. The third-order valence-electron chi connectivity index (χ3n) is 8.67. The number of aryl methyl sites for hydroxylation is 1. The Balaban J connectivity index is 1.45. The topological polar surface area (TPSA) is 71.8 Å². The molecule has 1 aromatic heterocycles. The van der Waals surface area contributed by atoms with Crippen molar-refractivity contribution in [3.05, 3.63) is 47.1 Å². The van der Waals surface area contributed by atoms with E-state index >= 15 is 0 Å². The van der Waals surface area contributed by atoms with Crippen molar-refractivity contribution in [2.75, 3.05) is 12.3 Å². The molecule has 6 nitrogen and oxygen atoms in total. The summed E-state index contributed by atoms with van der Waals surface area (Å²) in [5, 5.41) is 15.8. The van der Waals surface area contributed by atoms with E-state index in [1.807, 2.05) is 13.0 Å². The second-order valence-corrected chi connectivity index (χ2v) is 13.1. The molecule has 0 saturated heterocycles. The summed E-state index contributed by atoms with van der Waals surface area (Å²) in [6, 6.07) is 0.0603. The van der Waals surface area contributed by atoms with E-state index in [2.05, 4.69) is 58.8 Å². The summed E-state index contributed by atoms with van der Waals surface area (Å²) < 4.78 is 29.6. The lowest BCUT2D eigenvalue weighted by Crippen LogP contribution is -2.43. The van der Waals surface area contributed by atoms with E-state index in [0.29, 0.717) is 18.9 Å². The van der Waals surface area contributed by atoms with Crippen molar-refractivity contribution in [1.82, 2.24) is 25.4 Å². The number of allylic oxidation sites excluding steroid dienone is 4. The molecule has 2 N–H and O–H groups in total. The molecule has 2 fully saturated rings. The monoisotopic (exact) mass is 561 g/mol.